The molecule has 3 heterocycles. The van der Waals surface area contributed by atoms with E-state index in [1.807, 2.05) is 53.7 Å². The molecule has 2 aromatic heterocycles. The number of ether oxygens (including phenoxy) is 2. The van der Waals surface area contributed by atoms with E-state index in [2.05, 4.69) is 15.0 Å². The molecule has 1 saturated heterocycles. The first kappa shape index (κ1) is 22.0. The third-order valence-corrected chi connectivity index (χ3v) is 4.48. The van der Waals surface area contributed by atoms with Gasteiger partial charge in [0.2, 0.25) is 0 Å². The molecule has 0 radical (unpaired) electrons. The van der Waals surface area contributed by atoms with Crippen LogP contribution >= 0.6 is 0 Å². The highest BCUT2D eigenvalue weighted by molar-refractivity contribution is 5.87. The van der Waals surface area contributed by atoms with Gasteiger partial charge in [-0.25, -0.2) is 14.6 Å². The van der Waals surface area contributed by atoms with Crippen LogP contribution in [0.25, 0.3) is 11.0 Å². The van der Waals surface area contributed by atoms with E-state index in [1.54, 1.807) is 11.1 Å². The molecule has 0 N–H and O–H groups in total. The van der Waals surface area contributed by atoms with Gasteiger partial charge in [-0.3, -0.25) is 4.90 Å². The Balaban J connectivity index is 1.70. The fraction of sp³-hybridized carbons (Fsp3) is 0.619. The fourth-order valence-electron chi connectivity index (χ4n) is 3.19. The largest absolute Gasteiger partial charge is 0.444 e. The predicted octanol–water partition coefficient (Wildman–Crippen LogP) is 3.27. The molecule has 0 unspecified atom stereocenters. The zero-order valence-corrected chi connectivity index (χ0v) is 18.6. The maximum Gasteiger partial charge on any atom is 0.437 e. The Labute approximate surface area is 176 Å². The van der Waals surface area contributed by atoms with Gasteiger partial charge in [0.1, 0.15) is 11.2 Å². The summed E-state index contributed by atoms with van der Waals surface area (Å²) in [6.07, 6.45) is 0.798. The molecule has 9 heteroatoms. The second-order valence-electron chi connectivity index (χ2n) is 9.46. The van der Waals surface area contributed by atoms with Gasteiger partial charge in [0.25, 0.3) is 0 Å². The van der Waals surface area contributed by atoms with Gasteiger partial charge >= 0.3 is 12.2 Å². The molecule has 0 spiro atoms. The molecule has 3 rings (SSSR count). The number of pyridine rings is 1. The second kappa shape index (κ2) is 8.22. The van der Waals surface area contributed by atoms with E-state index in [0.29, 0.717) is 38.4 Å². The first-order chi connectivity index (χ1) is 13.9. The van der Waals surface area contributed by atoms with Gasteiger partial charge in [-0.15, -0.1) is 4.68 Å². The molecule has 1 aliphatic heterocycles. The molecule has 30 heavy (non-hydrogen) atoms. The van der Waals surface area contributed by atoms with Gasteiger partial charge in [-0.05, 0) is 53.7 Å². The van der Waals surface area contributed by atoms with E-state index < -0.39 is 17.3 Å². The molecule has 0 saturated carbocycles. The van der Waals surface area contributed by atoms with Crippen LogP contribution in [0.1, 0.15) is 47.2 Å². The van der Waals surface area contributed by atoms with Crippen LogP contribution in [0.3, 0.4) is 0 Å². The Morgan fingerprint density at radius 1 is 0.967 bits per heavy atom. The van der Waals surface area contributed by atoms with Gasteiger partial charge in [0, 0.05) is 44.3 Å². The quantitative estimate of drug-likeness (QED) is 0.741. The van der Waals surface area contributed by atoms with Crippen molar-refractivity contribution in [1.82, 2.24) is 24.6 Å². The van der Waals surface area contributed by atoms with E-state index in [4.69, 9.17) is 9.47 Å². The number of carbonyl (C=O) groups excluding carboxylic acids is 2. The molecular weight excluding hydrogens is 386 g/mol. The minimum atomic E-state index is -0.623. The van der Waals surface area contributed by atoms with Crippen molar-refractivity contribution in [2.45, 2.75) is 59.3 Å². The molecule has 1 aliphatic rings. The van der Waals surface area contributed by atoms with Crippen LogP contribution in [0.4, 0.5) is 9.59 Å². The Hall–Kier alpha value is -2.68. The molecule has 0 aromatic carbocycles. The summed E-state index contributed by atoms with van der Waals surface area (Å²) >= 11 is 0. The first-order valence-corrected chi connectivity index (χ1v) is 10.2. The van der Waals surface area contributed by atoms with E-state index >= 15 is 0 Å². The summed E-state index contributed by atoms with van der Waals surface area (Å²) in [4.78, 5) is 33.1. The number of nitrogens with zero attached hydrogens (tertiary/aromatic N) is 5. The normalized spacial score (nSPS) is 16.0. The zero-order valence-electron chi connectivity index (χ0n) is 18.6. The molecule has 0 aliphatic carbocycles. The smallest absolute Gasteiger partial charge is 0.437 e. The monoisotopic (exact) mass is 417 g/mol. The van der Waals surface area contributed by atoms with Crippen molar-refractivity contribution in [3.05, 3.63) is 24.0 Å². The Morgan fingerprint density at radius 2 is 1.57 bits per heavy atom. The fourth-order valence-corrected chi connectivity index (χ4v) is 3.19. The summed E-state index contributed by atoms with van der Waals surface area (Å²) in [7, 11) is 0. The van der Waals surface area contributed by atoms with Crippen LogP contribution in [-0.2, 0) is 16.0 Å². The summed E-state index contributed by atoms with van der Waals surface area (Å²) in [5, 5.41) is 5.32. The molecule has 1 amide bonds. The number of fused-ring (bicyclic) bond motifs is 1. The number of rotatable bonds is 2. The summed E-state index contributed by atoms with van der Waals surface area (Å²) in [6.45, 7) is 14.1. The van der Waals surface area contributed by atoms with Gasteiger partial charge in [0.15, 0.2) is 5.65 Å². The zero-order chi connectivity index (χ0) is 22.1. The van der Waals surface area contributed by atoms with Crippen molar-refractivity contribution in [1.29, 1.82) is 0 Å². The Morgan fingerprint density at radius 3 is 2.17 bits per heavy atom. The number of hydrogen-bond acceptors (Lipinski definition) is 7. The average molecular weight is 418 g/mol. The minimum Gasteiger partial charge on any atom is -0.444 e. The predicted molar refractivity (Wildman–Crippen MR) is 112 cm³/mol. The lowest BCUT2D eigenvalue weighted by Crippen LogP contribution is -2.49. The van der Waals surface area contributed by atoms with Crippen LogP contribution in [-0.4, -0.2) is 74.1 Å². The van der Waals surface area contributed by atoms with Crippen molar-refractivity contribution in [3.8, 4) is 0 Å². The van der Waals surface area contributed by atoms with Crippen LogP contribution in [0.15, 0.2) is 18.3 Å². The SMILES string of the molecule is CC(C)(C)OC(=O)N1CCN(Cc2nn(C(=O)OC(C)(C)C)c3ncccc23)CC1. The molecule has 0 bridgehead atoms. The van der Waals surface area contributed by atoms with Crippen molar-refractivity contribution >= 4 is 23.2 Å². The van der Waals surface area contributed by atoms with Crippen LogP contribution < -0.4 is 0 Å². The summed E-state index contributed by atoms with van der Waals surface area (Å²) in [6, 6.07) is 3.73. The molecular formula is C21H31N5O4. The number of hydrogen-bond donors (Lipinski definition) is 0. The summed E-state index contributed by atoms with van der Waals surface area (Å²) in [5.74, 6) is 0. The standard InChI is InChI=1S/C21H31N5O4/c1-20(2,3)29-18(27)25-12-10-24(11-13-25)14-16-15-8-7-9-22-17(15)26(23-16)19(28)30-21(4,5)6/h7-9H,10-14H2,1-6H3. The van der Waals surface area contributed by atoms with Crippen molar-refractivity contribution in [3.63, 3.8) is 0 Å². The lowest BCUT2D eigenvalue weighted by Gasteiger charge is -2.35. The van der Waals surface area contributed by atoms with E-state index in [1.165, 1.54) is 4.68 Å². The van der Waals surface area contributed by atoms with Crippen LogP contribution in [0.5, 0.6) is 0 Å². The first-order valence-electron chi connectivity index (χ1n) is 10.2. The maximum absolute atomic E-state index is 12.6. The van der Waals surface area contributed by atoms with Gasteiger partial charge < -0.3 is 14.4 Å². The van der Waals surface area contributed by atoms with Gasteiger partial charge in [0.05, 0.1) is 5.69 Å². The second-order valence-corrected chi connectivity index (χ2v) is 9.46. The molecule has 9 nitrogen and oxygen atoms in total. The van der Waals surface area contributed by atoms with Crippen LogP contribution in [0.2, 0.25) is 0 Å². The van der Waals surface area contributed by atoms with E-state index in [-0.39, 0.29) is 6.09 Å². The van der Waals surface area contributed by atoms with Crippen molar-refractivity contribution < 1.29 is 19.1 Å². The number of aromatic nitrogens is 3. The van der Waals surface area contributed by atoms with Gasteiger partial charge in [-0.2, -0.15) is 5.10 Å². The third-order valence-electron chi connectivity index (χ3n) is 4.48. The van der Waals surface area contributed by atoms with Crippen molar-refractivity contribution in [2.24, 2.45) is 0 Å². The number of amides is 1. The number of carbonyl (C=O) groups is 2. The third kappa shape index (κ3) is 5.47. The molecule has 0 atom stereocenters. The Bertz CT molecular complexity index is 918. The maximum atomic E-state index is 12.6. The topological polar surface area (TPSA) is 89.8 Å². The van der Waals surface area contributed by atoms with Crippen molar-refractivity contribution in [2.75, 3.05) is 26.2 Å². The molecule has 1 fully saturated rings. The minimum absolute atomic E-state index is 0.286. The van der Waals surface area contributed by atoms with E-state index in [0.717, 1.165) is 11.1 Å². The summed E-state index contributed by atoms with van der Waals surface area (Å²) < 4.78 is 12.1. The summed E-state index contributed by atoms with van der Waals surface area (Å²) in [5.41, 5.74) is 0.112. The Kier molecular flexibility index (Phi) is 6.03. The van der Waals surface area contributed by atoms with Crippen LogP contribution in [0, 0.1) is 0 Å². The average Bonchev–Trinajstić information content (AvgIpc) is 2.98. The highest BCUT2D eigenvalue weighted by Crippen LogP contribution is 2.21. The van der Waals surface area contributed by atoms with Gasteiger partial charge in [-0.1, -0.05) is 0 Å². The highest BCUT2D eigenvalue weighted by Gasteiger charge is 2.28. The lowest BCUT2D eigenvalue weighted by atomic mass is 10.2. The highest BCUT2D eigenvalue weighted by atomic mass is 16.6. The lowest BCUT2D eigenvalue weighted by molar-refractivity contribution is 0.0137. The van der Waals surface area contributed by atoms with E-state index in [9.17, 15) is 9.59 Å². The number of piperazine rings is 1. The molecule has 2 aromatic rings. The molecule has 164 valence electrons.